The van der Waals surface area contributed by atoms with Crippen molar-refractivity contribution >= 4 is 11.6 Å². The van der Waals surface area contributed by atoms with Gasteiger partial charge in [-0.3, -0.25) is 4.79 Å². The lowest BCUT2D eigenvalue weighted by molar-refractivity contribution is 0.0997. The molecule has 0 aliphatic heterocycles. The van der Waals surface area contributed by atoms with Crippen LogP contribution < -0.4 is 16.0 Å². The van der Waals surface area contributed by atoms with E-state index in [9.17, 15) is 20.1 Å². The zero-order valence-corrected chi connectivity index (χ0v) is 15.6. The number of nitrogens with two attached hydrogens (primary N) is 1. The minimum Gasteiger partial charge on any atom is -0.508 e. The number of carbonyl (C=O) groups excluding carboxylic acids is 1. The van der Waals surface area contributed by atoms with Crippen LogP contribution in [0.25, 0.3) is 0 Å². The number of primary amides is 1. The predicted octanol–water partition coefficient (Wildman–Crippen LogP) is 1.73. The van der Waals surface area contributed by atoms with E-state index in [2.05, 4.69) is 10.2 Å². The molecule has 2 atom stereocenters. The molecular formula is C20H27N3O4. The number of phenols is 2. The van der Waals surface area contributed by atoms with E-state index in [0.717, 1.165) is 18.7 Å². The number of nitrogens with one attached hydrogen (secondary N) is 1. The lowest BCUT2D eigenvalue weighted by Gasteiger charge is -2.23. The van der Waals surface area contributed by atoms with Crippen LogP contribution >= 0.6 is 0 Å². The smallest absolute Gasteiger partial charge is 0.252 e. The molecule has 0 bridgehead atoms. The molecule has 0 heterocycles. The maximum Gasteiger partial charge on any atom is 0.252 e. The molecule has 1 amide bonds. The number of nitrogens with zero attached hydrogens (tertiary/aromatic N) is 1. The largest absolute Gasteiger partial charge is 0.508 e. The Labute approximate surface area is 159 Å². The highest BCUT2D eigenvalue weighted by Gasteiger charge is 2.14. The molecule has 0 radical (unpaired) electrons. The van der Waals surface area contributed by atoms with E-state index in [1.165, 1.54) is 12.1 Å². The molecule has 0 fully saturated rings. The molecule has 0 aliphatic rings. The lowest BCUT2D eigenvalue weighted by Crippen LogP contribution is -2.33. The molecule has 6 N–H and O–H groups in total. The Morgan fingerprint density at radius 2 is 1.85 bits per heavy atom. The van der Waals surface area contributed by atoms with Gasteiger partial charge in [0.2, 0.25) is 0 Å². The molecule has 0 aromatic heterocycles. The highest BCUT2D eigenvalue weighted by molar-refractivity contribution is 5.95. The fraction of sp³-hybridized carbons (Fsp3) is 0.350. The number of phenolic OH excluding ortho intramolecular Hbond substituents is 1. The van der Waals surface area contributed by atoms with Crippen molar-refractivity contribution in [1.29, 1.82) is 0 Å². The molecule has 0 spiro atoms. The van der Waals surface area contributed by atoms with Crippen molar-refractivity contribution in [3.05, 3.63) is 53.6 Å². The lowest BCUT2D eigenvalue weighted by atomic mass is 10.0. The summed E-state index contributed by atoms with van der Waals surface area (Å²) >= 11 is 0. The fourth-order valence-electron chi connectivity index (χ4n) is 2.71. The number of amides is 1. The second-order valence-electron chi connectivity index (χ2n) is 6.69. The fourth-order valence-corrected chi connectivity index (χ4v) is 2.71. The average molecular weight is 373 g/mol. The molecule has 7 heteroatoms. The summed E-state index contributed by atoms with van der Waals surface area (Å²) in [5, 5.41) is 32.5. The first-order valence-electron chi connectivity index (χ1n) is 8.82. The molecule has 2 aromatic carbocycles. The van der Waals surface area contributed by atoms with Gasteiger partial charge in [0.25, 0.3) is 5.91 Å². The van der Waals surface area contributed by atoms with Crippen molar-refractivity contribution in [2.75, 3.05) is 25.0 Å². The van der Waals surface area contributed by atoms with Gasteiger partial charge in [0.15, 0.2) is 0 Å². The van der Waals surface area contributed by atoms with Gasteiger partial charge in [0, 0.05) is 31.9 Å². The quantitative estimate of drug-likeness (QED) is 0.457. The monoisotopic (exact) mass is 373 g/mol. The molecule has 7 nitrogen and oxygen atoms in total. The zero-order chi connectivity index (χ0) is 20.0. The molecule has 2 unspecified atom stereocenters. The summed E-state index contributed by atoms with van der Waals surface area (Å²) in [6.07, 6.45) is 0.0348. The van der Waals surface area contributed by atoms with Gasteiger partial charge in [-0.25, -0.2) is 0 Å². The summed E-state index contributed by atoms with van der Waals surface area (Å²) in [7, 11) is 1.98. The zero-order valence-electron chi connectivity index (χ0n) is 15.6. The maximum atomic E-state index is 11.3. The molecule has 0 saturated carbocycles. The van der Waals surface area contributed by atoms with Crippen LogP contribution in [0.2, 0.25) is 0 Å². The van der Waals surface area contributed by atoms with Crippen molar-refractivity contribution in [3.8, 4) is 11.5 Å². The third kappa shape index (κ3) is 5.87. The van der Waals surface area contributed by atoms with Crippen LogP contribution in [0.3, 0.4) is 0 Å². The Morgan fingerprint density at radius 3 is 2.48 bits per heavy atom. The Balaban J connectivity index is 1.82. The Hall–Kier alpha value is -2.77. The van der Waals surface area contributed by atoms with Crippen molar-refractivity contribution in [3.63, 3.8) is 0 Å². The minimum atomic E-state index is -0.819. The summed E-state index contributed by atoms with van der Waals surface area (Å²) in [5.41, 5.74) is 6.74. The third-order valence-electron chi connectivity index (χ3n) is 4.52. The number of aromatic hydroxyl groups is 2. The van der Waals surface area contributed by atoms with Crippen LogP contribution in [0.4, 0.5) is 5.69 Å². The molecule has 2 aromatic rings. The Morgan fingerprint density at radius 1 is 1.19 bits per heavy atom. The molecular weight excluding hydrogens is 346 g/mol. The minimum absolute atomic E-state index is 0.00452. The summed E-state index contributed by atoms with van der Waals surface area (Å²) in [6, 6.07) is 11.5. The van der Waals surface area contributed by atoms with E-state index < -0.39 is 12.0 Å². The first-order valence-corrected chi connectivity index (χ1v) is 8.82. The van der Waals surface area contributed by atoms with Gasteiger partial charge < -0.3 is 31.3 Å². The molecule has 0 saturated heterocycles. The van der Waals surface area contributed by atoms with E-state index >= 15 is 0 Å². The predicted molar refractivity (Wildman–Crippen MR) is 105 cm³/mol. The van der Waals surface area contributed by atoms with E-state index in [1.54, 1.807) is 18.2 Å². The normalized spacial score (nSPS) is 13.1. The topological polar surface area (TPSA) is 119 Å². The number of hydrogen-bond donors (Lipinski definition) is 5. The number of aliphatic hydroxyl groups is 1. The first-order chi connectivity index (χ1) is 12.8. The van der Waals surface area contributed by atoms with Crippen LogP contribution in [0, 0.1) is 0 Å². The summed E-state index contributed by atoms with van der Waals surface area (Å²) < 4.78 is 0. The standard InChI is InChI=1S/C20H27N3O4/c1-13(9-10-23(2)15-4-6-16(24)7-5-15)22-12-19(26)14-3-8-18(25)17(11-14)20(21)27/h3-8,11,13,19,22,24-26H,9-10,12H2,1-2H3,(H2,21,27). The van der Waals surface area contributed by atoms with Crippen molar-refractivity contribution < 1.29 is 20.1 Å². The highest BCUT2D eigenvalue weighted by atomic mass is 16.3. The molecule has 0 aliphatic carbocycles. The number of benzene rings is 2. The number of rotatable bonds is 9. The van der Waals surface area contributed by atoms with Crippen LogP contribution in [0.5, 0.6) is 11.5 Å². The van der Waals surface area contributed by atoms with Gasteiger partial charge in [0.05, 0.1) is 11.7 Å². The van der Waals surface area contributed by atoms with E-state index in [1.807, 2.05) is 26.1 Å². The molecule has 2 rings (SSSR count). The first kappa shape index (κ1) is 20.5. The van der Waals surface area contributed by atoms with Crippen LogP contribution in [-0.2, 0) is 0 Å². The van der Waals surface area contributed by atoms with E-state index in [4.69, 9.17) is 5.73 Å². The van der Waals surface area contributed by atoms with Crippen molar-refractivity contribution in [1.82, 2.24) is 5.32 Å². The maximum absolute atomic E-state index is 11.3. The van der Waals surface area contributed by atoms with Gasteiger partial charge in [0.1, 0.15) is 11.5 Å². The van der Waals surface area contributed by atoms with Crippen LogP contribution in [0.1, 0.15) is 35.4 Å². The average Bonchev–Trinajstić information content (AvgIpc) is 2.64. The number of hydrogen-bond acceptors (Lipinski definition) is 6. The SMILES string of the molecule is CC(CCN(C)c1ccc(O)cc1)NCC(O)c1ccc(O)c(C(N)=O)c1. The van der Waals surface area contributed by atoms with Gasteiger partial charge in [-0.2, -0.15) is 0 Å². The van der Waals surface area contributed by atoms with Crippen LogP contribution in [-0.4, -0.2) is 47.4 Å². The van der Waals surface area contributed by atoms with Crippen LogP contribution in [0.15, 0.2) is 42.5 Å². The van der Waals surface area contributed by atoms with Crippen molar-refractivity contribution in [2.45, 2.75) is 25.5 Å². The highest BCUT2D eigenvalue weighted by Crippen LogP contribution is 2.22. The van der Waals surface area contributed by atoms with Gasteiger partial charge in [-0.05, 0) is 55.3 Å². The third-order valence-corrected chi connectivity index (χ3v) is 4.52. The Kier molecular flexibility index (Phi) is 7.04. The van der Waals surface area contributed by atoms with E-state index in [-0.39, 0.29) is 23.1 Å². The second-order valence-corrected chi connectivity index (χ2v) is 6.69. The second kappa shape index (κ2) is 9.25. The number of aliphatic hydroxyl groups excluding tert-OH is 1. The Bertz CT molecular complexity index is 764. The van der Waals surface area contributed by atoms with E-state index in [0.29, 0.717) is 12.1 Å². The van der Waals surface area contributed by atoms with Crippen molar-refractivity contribution in [2.24, 2.45) is 5.73 Å². The molecule has 146 valence electrons. The summed E-state index contributed by atoms with van der Waals surface area (Å²) in [4.78, 5) is 13.4. The summed E-state index contributed by atoms with van der Waals surface area (Å²) in [6.45, 7) is 3.15. The van der Waals surface area contributed by atoms with Gasteiger partial charge >= 0.3 is 0 Å². The van der Waals surface area contributed by atoms with Gasteiger partial charge in [-0.1, -0.05) is 6.07 Å². The number of anilines is 1. The van der Waals surface area contributed by atoms with Gasteiger partial charge in [-0.15, -0.1) is 0 Å². The summed E-state index contributed by atoms with van der Waals surface area (Å²) in [5.74, 6) is -0.693. The molecule has 27 heavy (non-hydrogen) atoms. The number of carbonyl (C=O) groups is 1.